The van der Waals surface area contributed by atoms with Gasteiger partial charge in [0, 0.05) is 42.2 Å². The van der Waals surface area contributed by atoms with E-state index in [1.807, 2.05) is 54.3 Å². The van der Waals surface area contributed by atoms with Crippen LogP contribution in [0.15, 0.2) is 52.9 Å². The Labute approximate surface area is 180 Å². The minimum absolute atomic E-state index is 0.129. The van der Waals surface area contributed by atoms with E-state index >= 15 is 0 Å². The Hall–Kier alpha value is -2.83. The molecule has 1 atom stereocenters. The molecule has 1 aliphatic heterocycles. The van der Waals surface area contributed by atoms with E-state index < -0.39 is 6.04 Å². The Balaban J connectivity index is 1.52. The highest BCUT2D eigenvalue weighted by molar-refractivity contribution is 6.31. The lowest BCUT2D eigenvalue weighted by atomic mass is 10.0. The fourth-order valence-corrected chi connectivity index (χ4v) is 4.23. The minimum Gasteiger partial charge on any atom is -0.468 e. The maximum Gasteiger partial charge on any atom is 0.327 e. The van der Waals surface area contributed by atoms with E-state index in [0.717, 1.165) is 10.9 Å². The normalized spacial score (nSPS) is 15.9. The van der Waals surface area contributed by atoms with Crippen LogP contribution in [0.2, 0.25) is 5.02 Å². The van der Waals surface area contributed by atoms with Crippen molar-refractivity contribution in [2.45, 2.75) is 13.0 Å². The minimum atomic E-state index is -0.603. The number of carbonyl (C=O) groups is 2. The van der Waals surface area contributed by atoms with Gasteiger partial charge >= 0.3 is 5.97 Å². The van der Waals surface area contributed by atoms with Crippen LogP contribution in [0.1, 0.15) is 27.7 Å². The molecule has 1 aliphatic rings. The molecule has 0 bridgehead atoms. The van der Waals surface area contributed by atoms with Crippen molar-refractivity contribution in [2.24, 2.45) is 0 Å². The van der Waals surface area contributed by atoms with E-state index in [1.165, 1.54) is 7.11 Å². The monoisotopic (exact) mass is 426 g/mol. The number of rotatable bonds is 4. The van der Waals surface area contributed by atoms with Gasteiger partial charge in [-0.15, -0.1) is 0 Å². The molecule has 6 nitrogen and oxygen atoms in total. The molecule has 3 aromatic rings. The van der Waals surface area contributed by atoms with Gasteiger partial charge in [0.25, 0.3) is 5.91 Å². The summed E-state index contributed by atoms with van der Waals surface area (Å²) in [5.41, 5.74) is 2.27. The lowest BCUT2D eigenvalue weighted by molar-refractivity contribution is -0.148. The lowest BCUT2D eigenvalue weighted by Gasteiger charge is -2.38. The van der Waals surface area contributed by atoms with E-state index in [0.29, 0.717) is 48.1 Å². The molecule has 0 unspecified atom stereocenters. The predicted molar refractivity (Wildman–Crippen MR) is 115 cm³/mol. The number of fused-ring (bicyclic) bond motifs is 1. The zero-order chi connectivity index (χ0) is 21.3. The lowest BCUT2D eigenvalue weighted by Crippen LogP contribution is -2.51. The topological polar surface area (TPSA) is 63.0 Å². The first-order valence-corrected chi connectivity index (χ1v) is 10.2. The largest absolute Gasteiger partial charge is 0.468 e. The van der Waals surface area contributed by atoms with Crippen LogP contribution in [-0.4, -0.2) is 55.0 Å². The zero-order valence-electron chi connectivity index (χ0n) is 16.9. The highest BCUT2D eigenvalue weighted by atomic mass is 35.5. The van der Waals surface area contributed by atoms with Gasteiger partial charge in [0.2, 0.25) is 0 Å². The number of piperazine rings is 1. The van der Waals surface area contributed by atoms with Crippen molar-refractivity contribution in [3.8, 4) is 0 Å². The Kier molecular flexibility index (Phi) is 5.79. The van der Waals surface area contributed by atoms with Crippen LogP contribution >= 0.6 is 11.6 Å². The Morgan fingerprint density at radius 2 is 1.70 bits per heavy atom. The van der Waals surface area contributed by atoms with Gasteiger partial charge in [-0.2, -0.15) is 0 Å². The van der Waals surface area contributed by atoms with Gasteiger partial charge in [0.15, 0.2) is 5.76 Å². The summed E-state index contributed by atoms with van der Waals surface area (Å²) >= 11 is 6.34. The van der Waals surface area contributed by atoms with Crippen LogP contribution in [0.25, 0.3) is 11.0 Å². The van der Waals surface area contributed by atoms with Crippen molar-refractivity contribution in [3.63, 3.8) is 0 Å². The van der Waals surface area contributed by atoms with Crippen molar-refractivity contribution in [2.75, 3.05) is 33.3 Å². The molecule has 1 amide bonds. The number of furan rings is 1. The average molecular weight is 427 g/mol. The summed E-state index contributed by atoms with van der Waals surface area (Å²) in [5.74, 6) is -0.119. The Morgan fingerprint density at radius 1 is 1.03 bits per heavy atom. The number of amides is 1. The maximum atomic E-state index is 13.1. The van der Waals surface area contributed by atoms with Gasteiger partial charge in [-0.1, -0.05) is 48.0 Å². The van der Waals surface area contributed by atoms with Crippen molar-refractivity contribution < 1.29 is 18.7 Å². The molecule has 2 aromatic carbocycles. The summed E-state index contributed by atoms with van der Waals surface area (Å²) in [6.45, 7) is 3.91. The quantitative estimate of drug-likeness (QED) is 0.588. The molecule has 1 saturated heterocycles. The number of para-hydroxylation sites is 1. The summed E-state index contributed by atoms with van der Waals surface area (Å²) in [5, 5.41) is 1.47. The van der Waals surface area contributed by atoms with Crippen LogP contribution in [-0.2, 0) is 9.53 Å². The van der Waals surface area contributed by atoms with Gasteiger partial charge in [-0.3, -0.25) is 9.69 Å². The molecule has 156 valence electrons. The fraction of sp³-hybridized carbons (Fsp3) is 0.304. The number of benzene rings is 2. The molecule has 0 aliphatic carbocycles. The zero-order valence-corrected chi connectivity index (χ0v) is 17.7. The molecule has 7 heteroatoms. The summed E-state index contributed by atoms with van der Waals surface area (Å²) in [6, 6.07) is 14.3. The third-order valence-electron chi connectivity index (χ3n) is 5.63. The van der Waals surface area contributed by atoms with Gasteiger partial charge in [-0.05, 0) is 24.6 Å². The first-order valence-electron chi connectivity index (χ1n) is 9.85. The molecule has 1 fully saturated rings. The molecule has 30 heavy (non-hydrogen) atoms. The van der Waals surface area contributed by atoms with E-state index in [1.54, 1.807) is 11.0 Å². The van der Waals surface area contributed by atoms with E-state index in [9.17, 15) is 9.59 Å². The number of hydrogen-bond donors (Lipinski definition) is 0. The SMILES string of the molecule is COC(=O)[C@@H](c1ccccc1Cl)N1CCN(C(=O)c2oc3ccccc3c2C)CC1. The molecule has 0 saturated carbocycles. The molecular weight excluding hydrogens is 404 g/mol. The number of carbonyl (C=O) groups excluding carboxylic acids is 2. The number of methoxy groups -OCH3 is 1. The molecule has 0 spiro atoms. The van der Waals surface area contributed by atoms with E-state index in [4.69, 9.17) is 20.8 Å². The van der Waals surface area contributed by atoms with Crippen molar-refractivity contribution >= 4 is 34.4 Å². The molecule has 0 N–H and O–H groups in total. The Morgan fingerprint density at radius 3 is 2.37 bits per heavy atom. The van der Waals surface area contributed by atoms with Crippen LogP contribution in [0, 0.1) is 6.92 Å². The van der Waals surface area contributed by atoms with Gasteiger partial charge in [0.05, 0.1) is 7.11 Å². The predicted octanol–water partition coefficient (Wildman–Crippen LogP) is 4.07. The fourth-order valence-electron chi connectivity index (χ4n) is 3.99. The number of hydrogen-bond acceptors (Lipinski definition) is 5. The third kappa shape index (κ3) is 3.68. The van der Waals surface area contributed by atoms with E-state index in [-0.39, 0.29) is 11.9 Å². The molecule has 0 radical (unpaired) electrons. The van der Waals surface area contributed by atoms with Crippen LogP contribution in [0.3, 0.4) is 0 Å². The van der Waals surface area contributed by atoms with Crippen molar-refractivity contribution in [1.82, 2.24) is 9.80 Å². The Bertz CT molecular complexity index is 1090. The van der Waals surface area contributed by atoms with Crippen molar-refractivity contribution in [3.05, 3.63) is 70.4 Å². The number of nitrogens with zero attached hydrogens (tertiary/aromatic N) is 2. The number of ether oxygens (including phenoxy) is 1. The highest BCUT2D eigenvalue weighted by Crippen LogP contribution is 2.30. The highest BCUT2D eigenvalue weighted by Gasteiger charge is 2.34. The number of aryl methyl sites for hydroxylation is 1. The number of halogens is 1. The summed E-state index contributed by atoms with van der Waals surface area (Å²) < 4.78 is 10.9. The van der Waals surface area contributed by atoms with Crippen molar-refractivity contribution in [1.29, 1.82) is 0 Å². The summed E-state index contributed by atoms with van der Waals surface area (Å²) in [6.07, 6.45) is 0. The average Bonchev–Trinajstić information content (AvgIpc) is 3.12. The third-order valence-corrected chi connectivity index (χ3v) is 5.97. The smallest absolute Gasteiger partial charge is 0.327 e. The van der Waals surface area contributed by atoms with Crippen LogP contribution in [0.5, 0.6) is 0 Å². The van der Waals surface area contributed by atoms with Crippen LogP contribution in [0.4, 0.5) is 0 Å². The second kappa shape index (κ2) is 8.50. The molecule has 4 rings (SSSR count). The second-order valence-corrected chi connectivity index (χ2v) is 7.73. The van der Waals surface area contributed by atoms with Gasteiger partial charge < -0.3 is 14.1 Å². The van der Waals surface area contributed by atoms with Gasteiger partial charge in [0.1, 0.15) is 11.6 Å². The standard InChI is InChI=1S/C23H23ClN2O4/c1-15-16-7-4-6-10-19(16)30-21(15)22(27)26-13-11-25(12-14-26)20(23(28)29-2)17-8-3-5-9-18(17)24/h3-10,20H,11-14H2,1-2H3/t20-/m1/s1. The molecule has 1 aromatic heterocycles. The number of esters is 1. The van der Waals surface area contributed by atoms with Gasteiger partial charge in [-0.25, -0.2) is 4.79 Å². The molecule has 2 heterocycles. The summed E-state index contributed by atoms with van der Waals surface area (Å²) in [7, 11) is 1.37. The first kappa shape index (κ1) is 20.4. The second-order valence-electron chi connectivity index (χ2n) is 7.33. The van der Waals surface area contributed by atoms with Crippen LogP contribution < -0.4 is 0 Å². The first-order chi connectivity index (χ1) is 14.5. The summed E-state index contributed by atoms with van der Waals surface area (Å²) in [4.78, 5) is 29.4. The molecular formula is C23H23ClN2O4. The maximum absolute atomic E-state index is 13.1. The van der Waals surface area contributed by atoms with E-state index in [2.05, 4.69) is 0 Å².